The Kier molecular flexibility index (Phi) is 4.88. The normalized spacial score (nSPS) is 12.5. The molecule has 0 saturated heterocycles. The molecule has 0 saturated carbocycles. The summed E-state index contributed by atoms with van der Waals surface area (Å²) in [6.45, 7) is 3.78. The lowest BCUT2D eigenvalue weighted by atomic mass is 10.1. The predicted octanol–water partition coefficient (Wildman–Crippen LogP) is 4.00. The summed E-state index contributed by atoms with van der Waals surface area (Å²) in [4.78, 5) is 38.5. The van der Waals surface area contributed by atoms with Crippen molar-refractivity contribution in [2.45, 2.75) is 26.3 Å². The smallest absolute Gasteiger partial charge is 0.307 e. The third-order valence-electron chi connectivity index (χ3n) is 4.89. The highest BCUT2D eigenvalue weighted by molar-refractivity contribution is 6.31. The van der Waals surface area contributed by atoms with Crippen molar-refractivity contribution < 1.29 is 13.9 Å². The molecule has 0 N–H and O–H groups in total. The maximum atomic E-state index is 13.3. The summed E-state index contributed by atoms with van der Waals surface area (Å²) in [5.41, 5.74) is 0.165. The fourth-order valence-corrected chi connectivity index (χ4v) is 3.83. The summed E-state index contributed by atoms with van der Waals surface area (Å²) in [6.07, 6.45) is 0.0275. The van der Waals surface area contributed by atoms with Crippen LogP contribution in [0.5, 0.6) is 0 Å². The first-order valence-electron chi connectivity index (χ1n) is 9.27. The van der Waals surface area contributed by atoms with E-state index < -0.39 is 12.0 Å². The van der Waals surface area contributed by atoms with Crippen LogP contribution >= 0.6 is 11.6 Å². The first-order chi connectivity index (χ1) is 13.9. The van der Waals surface area contributed by atoms with Gasteiger partial charge in [0.25, 0.3) is 0 Å². The third-order valence-corrected chi connectivity index (χ3v) is 5.13. The molecule has 1 heterocycles. The molecule has 4 rings (SSSR count). The number of aromatic nitrogens is 1. The number of halogens is 1. The number of esters is 1. The molecule has 0 amide bonds. The number of ether oxygens (including phenoxy) is 1. The van der Waals surface area contributed by atoms with Crippen LogP contribution in [0.4, 0.5) is 0 Å². The fraction of sp³-hybridized carbons (Fsp3) is 0.227. The van der Waals surface area contributed by atoms with Crippen LogP contribution in [0.3, 0.4) is 0 Å². The maximum absolute atomic E-state index is 13.3. The van der Waals surface area contributed by atoms with Gasteiger partial charge in [-0.2, -0.15) is 0 Å². The highest BCUT2D eigenvalue weighted by Gasteiger charge is 2.20. The average Bonchev–Trinajstić information content (AvgIpc) is 2.70. The van der Waals surface area contributed by atoms with Gasteiger partial charge in [0.1, 0.15) is 5.35 Å². The number of hydrogen-bond acceptors (Lipinski definition) is 5. The molecule has 0 spiro atoms. The number of hydrogen-bond donors (Lipinski definition) is 0. The molecule has 1 unspecified atom stereocenters. The van der Waals surface area contributed by atoms with Gasteiger partial charge in [-0.1, -0.05) is 35.9 Å². The van der Waals surface area contributed by atoms with Gasteiger partial charge >= 0.3 is 5.97 Å². The van der Waals surface area contributed by atoms with Crippen LogP contribution in [0, 0.1) is 10.8 Å². The molecule has 1 aliphatic carbocycles. The Morgan fingerprint density at radius 2 is 1.83 bits per heavy atom. The number of carbonyl (C=O) groups excluding carboxylic acids is 1. The van der Waals surface area contributed by atoms with Crippen LogP contribution in [-0.4, -0.2) is 17.1 Å². The number of rotatable bonds is 4. The molecule has 6 nitrogen and oxygen atoms in total. The lowest BCUT2D eigenvalue weighted by Crippen LogP contribution is -2.24. The van der Waals surface area contributed by atoms with Gasteiger partial charge in [-0.05, 0) is 32.0 Å². The second kappa shape index (κ2) is 7.37. The van der Waals surface area contributed by atoms with E-state index in [1.807, 2.05) is 0 Å². The van der Waals surface area contributed by atoms with E-state index in [2.05, 4.69) is 0 Å². The van der Waals surface area contributed by atoms with E-state index in [0.29, 0.717) is 26.9 Å². The van der Waals surface area contributed by atoms with Crippen molar-refractivity contribution in [1.29, 1.82) is 0 Å². The number of benzene rings is 2. The zero-order valence-electron chi connectivity index (χ0n) is 15.9. The fourth-order valence-electron chi connectivity index (χ4n) is 3.66. The minimum atomic E-state index is -0.470. The second-order valence-corrected chi connectivity index (χ2v) is 7.26. The Labute approximate surface area is 169 Å². The van der Waals surface area contributed by atoms with Crippen LogP contribution in [0.1, 0.15) is 26.3 Å². The highest BCUT2D eigenvalue weighted by atomic mass is 35.5. The van der Waals surface area contributed by atoms with E-state index >= 15 is 0 Å². The number of fused-ring (bicyclic) bond motifs is 2. The molecule has 7 heteroatoms. The molecule has 2 aliphatic rings. The lowest BCUT2D eigenvalue weighted by molar-refractivity contribution is -0.143. The van der Waals surface area contributed by atoms with Crippen LogP contribution in [0.2, 0.25) is 5.02 Å². The Morgan fingerprint density at radius 3 is 2.52 bits per heavy atom. The topological polar surface area (TPSA) is 78.5 Å². The molecule has 2 aromatic rings. The maximum Gasteiger partial charge on any atom is 0.307 e. The Bertz CT molecular complexity index is 1440. The zero-order chi connectivity index (χ0) is 20.7. The summed E-state index contributed by atoms with van der Waals surface area (Å²) in [7, 11) is 0. The molecule has 1 aliphatic heterocycles. The van der Waals surface area contributed by atoms with Crippen molar-refractivity contribution in [2.24, 2.45) is 0 Å². The molecular formula is C22H18ClNO5. The molecular weight excluding hydrogens is 394 g/mol. The molecule has 0 aromatic heterocycles. The molecule has 0 fully saturated rings. The SMILES string of the molecule is CCOC(=O)CC(C)n1c2c(=O)c3ccccc3c(=O)c=2oc2ccc(Cl)cc21. The van der Waals surface area contributed by atoms with Crippen molar-refractivity contribution in [2.75, 3.05) is 6.61 Å². The second-order valence-electron chi connectivity index (χ2n) is 6.82. The third kappa shape index (κ3) is 3.19. The molecule has 0 radical (unpaired) electrons. The minimum Gasteiger partial charge on any atom is -0.466 e. The molecule has 2 aromatic carbocycles. The van der Waals surface area contributed by atoms with Crippen LogP contribution in [0.15, 0.2) is 56.5 Å². The van der Waals surface area contributed by atoms with E-state index in [-0.39, 0.29) is 34.6 Å². The number of nitrogens with zero attached hydrogens (tertiary/aromatic N) is 1. The minimum absolute atomic E-state index is 0.0275. The van der Waals surface area contributed by atoms with E-state index in [1.54, 1.807) is 60.9 Å². The predicted molar refractivity (Wildman–Crippen MR) is 111 cm³/mol. The van der Waals surface area contributed by atoms with Gasteiger partial charge in [0, 0.05) is 21.8 Å². The standard InChI is InChI=1S/C22H18ClNO5/c1-3-28-18(25)10-12(2)24-16-11-13(23)8-9-17(16)29-22-19(24)20(26)14-6-4-5-7-15(14)21(22)27/h4-9,11-12H,3,10H2,1-2H3. The van der Waals surface area contributed by atoms with Gasteiger partial charge in [-0.25, -0.2) is 0 Å². The highest BCUT2D eigenvalue weighted by Crippen LogP contribution is 2.25. The summed E-state index contributed by atoms with van der Waals surface area (Å²) in [6, 6.07) is 11.1. The Hall–Kier alpha value is -3.12. The molecule has 148 valence electrons. The Morgan fingerprint density at radius 1 is 1.14 bits per heavy atom. The molecule has 1 atom stereocenters. The van der Waals surface area contributed by atoms with E-state index in [9.17, 15) is 14.4 Å². The molecule has 29 heavy (non-hydrogen) atoms. The van der Waals surface area contributed by atoms with Crippen molar-refractivity contribution >= 4 is 39.4 Å². The number of carbonyl (C=O) groups is 1. The van der Waals surface area contributed by atoms with Crippen LogP contribution < -0.4 is 10.9 Å². The van der Waals surface area contributed by atoms with E-state index in [4.69, 9.17) is 20.8 Å². The summed E-state index contributed by atoms with van der Waals surface area (Å²) < 4.78 is 12.6. The quantitative estimate of drug-likeness (QED) is 0.474. The zero-order valence-corrected chi connectivity index (χ0v) is 16.7. The summed E-state index contributed by atoms with van der Waals surface area (Å²) in [5, 5.41) is 1.16. The van der Waals surface area contributed by atoms with Crippen molar-refractivity contribution in [1.82, 2.24) is 4.57 Å². The van der Waals surface area contributed by atoms with E-state index in [1.165, 1.54) is 0 Å². The average molecular weight is 412 g/mol. The summed E-state index contributed by atoms with van der Waals surface area (Å²) in [5.74, 6) is -0.396. The van der Waals surface area contributed by atoms with Gasteiger partial charge in [0.2, 0.25) is 16.3 Å². The van der Waals surface area contributed by atoms with Crippen LogP contribution in [-0.2, 0) is 9.53 Å². The lowest BCUT2D eigenvalue weighted by Gasteiger charge is -2.19. The summed E-state index contributed by atoms with van der Waals surface area (Å²) >= 11 is 6.18. The van der Waals surface area contributed by atoms with E-state index in [0.717, 1.165) is 0 Å². The van der Waals surface area contributed by atoms with Gasteiger partial charge in [0.05, 0.1) is 18.5 Å². The van der Waals surface area contributed by atoms with Crippen molar-refractivity contribution in [3.8, 4) is 0 Å². The van der Waals surface area contributed by atoms with Crippen LogP contribution in [0.25, 0.3) is 21.9 Å². The van der Waals surface area contributed by atoms with Gasteiger partial charge in [-0.3, -0.25) is 14.4 Å². The van der Waals surface area contributed by atoms with Gasteiger partial charge < -0.3 is 13.7 Å². The van der Waals surface area contributed by atoms with Gasteiger partial charge in [0.15, 0.2) is 5.58 Å². The molecule has 0 bridgehead atoms. The Balaban J connectivity index is 2.20. The van der Waals surface area contributed by atoms with Crippen molar-refractivity contribution in [3.63, 3.8) is 0 Å². The first kappa shape index (κ1) is 19.2. The van der Waals surface area contributed by atoms with Gasteiger partial charge in [-0.15, -0.1) is 0 Å². The first-order valence-corrected chi connectivity index (χ1v) is 9.65. The largest absolute Gasteiger partial charge is 0.466 e. The van der Waals surface area contributed by atoms with Crippen molar-refractivity contribution in [3.05, 3.63) is 78.7 Å². The monoisotopic (exact) mass is 411 g/mol.